The van der Waals surface area contributed by atoms with Gasteiger partial charge in [0.15, 0.2) is 17.1 Å². The van der Waals surface area contributed by atoms with Gasteiger partial charge < -0.3 is 14.8 Å². The molecule has 0 spiro atoms. The van der Waals surface area contributed by atoms with Crippen LogP contribution in [0.5, 0.6) is 11.5 Å². The Morgan fingerprint density at radius 2 is 2.25 bits per heavy atom. The Morgan fingerprint density at radius 1 is 1.25 bits per heavy atom. The fraction of sp³-hybridized carbons (Fsp3) is 0.154. The van der Waals surface area contributed by atoms with Crippen molar-refractivity contribution in [3.05, 3.63) is 36.3 Å². The second-order valence-corrected chi connectivity index (χ2v) is 4.36. The molecule has 2 N–H and O–H groups in total. The predicted octanol–water partition coefficient (Wildman–Crippen LogP) is 1.69. The Morgan fingerprint density at radius 3 is 3.25 bits per heavy atom. The number of benzene rings is 1. The highest BCUT2D eigenvalue weighted by molar-refractivity contribution is 5.85. The highest BCUT2D eigenvalue weighted by Crippen LogP contribution is 2.35. The van der Waals surface area contributed by atoms with Crippen LogP contribution >= 0.6 is 0 Å². The molecule has 1 aliphatic heterocycles. The minimum atomic E-state index is 0.270. The van der Waals surface area contributed by atoms with Crippen molar-refractivity contribution >= 4 is 16.9 Å². The lowest BCUT2D eigenvalue weighted by atomic mass is 10.2. The van der Waals surface area contributed by atoms with Gasteiger partial charge in [0, 0.05) is 12.1 Å². The molecule has 4 rings (SSSR count). The Kier molecular flexibility index (Phi) is 2.41. The summed E-state index contributed by atoms with van der Waals surface area (Å²) in [5.41, 5.74) is 1.73. The summed E-state index contributed by atoms with van der Waals surface area (Å²) in [6.45, 7) is 0.857. The number of aromatic nitrogens is 4. The number of hydrogen-bond donors (Lipinski definition) is 2. The van der Waals surface area contributed by atoms with Crippen molar-refractivity contribution in [1.82, 2.24) is 20.2 Å². The van der Waals surface area contributed by atoms with E-state index < -0.39 is 0 Å². The summed E-state index contributed by atoms with van der Waals surface area (Å²) < 4.78 is 10.8. The molecule has 1 aromatic carbocycles. The lowest BCUT2D eigenvalue weighted by molar-refractivity contribution is 0.173. The van der Waals surface area contributed by atoms with Crippen LogP contribution in [0.1, 0.15) is 5.56 Å². The first kappa shape index (κ1) is 11.0. The van der Waals surface area contributed by atoms with E-state index in [1.807, 2.05) is 18.2 Å². The highest BCUT2D eigenvalue weighted by Gasteiger charge is 2.17. The van der Waals surface area contributed by atoms with E-state index in [0.717, 1.165) is 28.3 Å². The number of nitrogens with zero attached hydrogens (tertiary/aromatic N) is 3. The largest absolute Gasteiger partial charge is 0.454 e. The van der Waals surface area contributed by atoms with Gasteiger partial charge in [-0.3, -0.25) is 5.10 Å². The number of H-pyrrole nitrogens is 1. The molecule has 0 radical (unpaired) electrons. The summed E-state index contributed by atoms with van der Waals surface area (Å²) in [7, 11) is 0. The number of anilines is 1. The van der Waals surface area contributed by atoms with Gasteiger partial charge in [-0.05, 0) is 6.07 Å². The maximum atomic E-state index is 5.48. The van der Waals surface area contributed by atoms with Crippen LogP contribution in [0, 0.1) is 0 Å². The normalized spacial score (nSPS) is 12.8. The molecular formula is C13H11N5O2. The summed E-state index contributed by atoms with van der Waals surface area (Å²) in [5, 5.41) is 10.9. The van der Waals surface area contributed by atoms with Gasteiger partial charge in [0.25, 0.3) is 0 Å². The molecule has 0 bridgehead atoms. The van der Waals surface area contributed by atoms with Gasteiger partial charge in [-0.1, -0.05) is 12.1 Å². The second-order valence-electron chi connectivity index (χ2n) is 4.36. The van der Waals surface area contributed by atoms with E-state index in [1.54, 1.807) is 6.20 Å². The predicted molar refractivity (Wildman–Crippen MR) is 71.6 cm³/mol. The van der Waals surface area contributed by atoms with E-state index in [-0.39, 0.29) is 6.79 Å². The van der Waals surface area contributed by atoms with Crippen molar-refractivity contribution in [2.75, 3.05) is 12.1 Å². The molecule has 3 heterocycles. The Labute approximate surface area is 114 Å². The second kappa shape index (κ2) is 4.37. The van der Waals surface area contributed by atoms with Gasteiger partial charge in [-0.2, -0.15) is 5.10 Å². The van der Waals surface area contributed by atoms with Gasteiger partial charge in [0.2, 0.25) is 6.79 Å². The molecule has 0 saturated carbocycles. The number of hydrogen-bond acceptors (Lipinski definition) is 6. The zero-order valence-electron chi connectivity index (χ0n) is 10.5. The first-order chi connectivity index (χ1) is 9.92. The molecule has 100 valence electrons. The lowest BCUT2D eigenvalue weighted by Crippen LogP contribution is -2.03. The summed E-state index contributed by atoms with van der Waals surface area (Å²) >= 11 is 0. The molecule has 0 amide bonds. The fourth-order valence-electron chi connectivity index (χ4n) is 2.21. The summed E-state index contributed by atoms with van der Waals surface area (Å²) in [6.07, 6.45) is 3.20. The lowest BCUT2D eigenvalue weighted by Gasteiger charge is -2.08. The number of nitrogens with one attached hydrogen (secondary N) is 2. The number of ether oxygens (including phenoxy) is 2. The van der Waals surface area contributed by atoms with Crippen molar-refractivity contribution in [2.45, 2.75) is 6.54 Å². The number of rotatable bonds is 3. The number of fused-ring (bicyclic) bond motifs is 2. The van der Waals surface area contributed by atoms with E-state index in [9.17, 15) is 0 Å². The van der Waals surface area contributed by atoms with Crippen LogP contribution in [0.15, 0.2) is 30.7 Å². The third-order valence-corrected chi connectivity index (χ3v) is 3.17. The average Bonchev–Trinajstić information content (AvgIpc) is 3.13. The van der Waals surface area contributed by atoms with Gasteiger partial charge in [-0.15, -0.1) is 0 Å². The Bertz CT molecular complexity index is 770. The van der Waals surface area contributed by atoms with E-state index in [4.69, 9.17) is 9.47 Å². The van der Waals surface area contributed by atoms with Crippen LogP contribution in [-0.2, 0) is 6.54 Å². The van der Waals surface area contributed by atoms with Gasteiger partial charge in [-0.25, -0.2) is 9.97 Å². The molecular weight excluding hydrogens is 258 g/mol. The minimum absolute atomic E-state index is 0.270. The zero-order chi connectivity index (χ0) is 13.4. The van der Waals surface area contributed by atoms with Crippen LogP contribution in [0.3, 0.4) is 0 Å². The maximum Gasteiger partial charge on any atom is 0.231 e. The number of para-hydroxylation sites is 1. The third-order valence-electron chi connectivity index (χ3n) is 3.17. The molecule has 0 aliphatic carbocycles. The van der Waals surface area contributed by atoms with Crippen LogP contribution in [0.4, 0.5) is 5.82 Å². The number of aromatic amines is 1. The van der Waals surface area contributed by atoms with Crippen molar-refractivity contribution in [3.63, 3.8) is 0 Å². The van der Waals surface area contributed by atoms with Gasteiger partial charge in [0.05, 0.1) is 11.6 Å². The maximum absolute atomic E-state index is 5.48. The van der Waals surface area contributed by atoms with E-state index >= 15 is 0 Å². The zero-order valence-corrected chi connectivity index (χ0v) is 10.5. The van der Waals surface area contributed by atoms with E-state index in [0.29, 0.717) is 12.2 Å². The van der Waals surface area contributed by atoms with Crippen molar-refractivity contribution in [1.29, 1.82) is 0 Å². The Balaban J connectivity index is 1.62. The topological polar surface area (TPSA) is 85.0 Å². The van der Waals surface area contributed by atoms with Crippen LogP contribution < -0.4 is 14.8 Å². The first-order valence-corrected chi connectivity index (χ1v) is 6.17. The quantitative estimate of drug-likeness (QED) is 0.752. The molecule has 0 fully saturated rings. The molecule has 7 nitrogen and oxygen atoms in total. The Hall–Kier alpha value is -2.83. The molecule has 20 heavy (non-hydrogen) atoms. The monoisotopic (exact) mass is 269 g/mol. The standard InChI is InChI=1S/C13H11N5O2/c1-2-8(11-10(3-1)19-7-20-11)4-14-12-9-5-17-18-13(9)16-6-15-12/h1-3,5-6H,4,7H2,(H2,14,15,16,17,18). The highest BCUT2D eigenvalue weighted by atomic mass is 16.7. The van der Waals surface area contributed by atoms with Crippen LogP contribution in [-0.4, -0.2) is 27.0 Å². The third kappa shape index (κ3) is 1.71. The summed E-state index contributed by atoms with van der Waals surface area (Å²) in [4.78, 5) is 8.33. The van der Waals surface area contributed by atoms with Crippen molar-refractivity contribution in [2.24, 2.45) is 0 Å². The van der Waals surface area contributed by atoms with E-state index in [2.05, 4.69) is 25.5 Å². The average molecular weight is 269 g/mol. The minimum Gasteiger partial charge on any atom is -0.454 e. The molecule has 0 atom stereocenters. The molecule has 3 aromatic rings. The molecule has 2 aromatic heterocycles. The molecule has 0 unspecified atom stereocenters. The summed E-state index contributed by atoms with van der Waals surface area (Å²) in [5.74, 6) is 2.30. The molecule has 0 saturated heterocycles. The van der Waals surface area contributed by atoms with E-state index in [1.165, 1.54) is 6.33 Å². The molecule has 7 heteroatoms. The van der Waals surface area contributed by atoms with Crippen molar-refractivity contribution in [3.8, 4) is 11.5 Å². The SMILES string of the molecule is c1cc(CNc2ncnc3[nH]ncc23)c2c(c1)OCO2. The smallest absolute Gasteiger partial charge is 0.231 e. The first-order valence-electron chi connectivity index (χ1n) is 6.17. The van der Waals surface area contributed by atoms with Crippen LogP contribution in [0.2, 0.25) is 0 Å². The van der Waals surface area contributed by atoms with Gasteiger partial charge in [0.1, 0.15) is 12.1 Å². The molecule has 1 aliphatic rings. The fourth-order valence-corrected chi connectivity index (χ4v) is 2.21. The van der Waals surface area contributed by atoms with Crippen LogP contribution in [0.25, 0.3) is 11.0 Å². The van der Waals surface area contributed by atoms with Gasteiger partial charge >= 0.3 is 0 Å². The van der Waals surface area contributed by atoms with Crippen molar-refractivity contribution < 1.29 is 9.47 Å². The summed E-state index contributed by atoms with van der Waals surface area (Å²) in [6, 6.07) is 5.83.